The average molecular weight is 244 g/mol. The number of carbonyl (C=O) groups is 2. The van der Waals surface area contributed by atoms with Crippen molar-refractivity contribution in [1.29, 1.82) is 0 Å². The number of esters is 1. The molecule has 0 bridgehead atoms. The van der Waals surface area contributed by atoms with Crippen LogP contribution in [0.4, 0.5) is 5.13 Å². The monoisotopic (exact) mass is 244 g/mol. The number of rotatable bonds is 5. The summed E-state index contributed by atoms with van der Waals surface area (Å²) in [6.07, 6.45) is 0.454. The van der Waals surface area contributed by atoms with Crippen LogP contribution in [-0.2, 0) is 19.2 Å². The van der Waals surface area contributed by atoms with E-state index in [0.717, 1.165) is 11.5 Å². The highest BCUT2D eigenvalue weighted by Crippen LogP contribution is 2.11. The Kier molecular flexibility index (Phi) is 4.33. The van der Waals surface area contributed by atoms with Crippen LogP contribution in [0.1, 0.15) is 5.82 Å². The van der Waals surface area contributed by atoms with Gasteiger partial charge in [-0.3, -0.25) is 4.79 Å². The van der Waals surface area contributed by atoms with Crippen LogP contribution in [0.15, 0.2) is 5.16 Å². The molecule has 16 heavy (non-hydrogen) atoms. The molecule has 0 fully saturated rings. The van der Waals surface area contributed by atoms with Crippen LogP contribution in [0.3, 0.4) is 0 Å². The van der Waals surface area contributed by atoms with Crippen LogP contribution in [0.5, 0.6) is 0 Å². The van der Waals surface area contributed by atoms with E-state index in [4.69, 9.17) is 0 Å². The zero-order valence-electron chi connectivity index (χ0n) is 8.46. The minimum Gasteiger partial charge on any atom is -0.464 e. The summed E-state index contributed by atoms with van der Waals surface area (Å²) in [6, 6.07) is 0. The number of hydrogen-bond acceptors (Lipinski definition) is 8. The Bertz CT molecular complexity index is 416. The highest BCUT2D eigenvalue weighted by atomic mass is 32.1. The molecule has 1 N–H and O–H groups in total. The number of hydrogen-bond donors (Lipinski definition) is 1. The summed E-state index contributed by atoms with van der Waals surface area (Å²) in [4.78, 5) is 29.7. The number of aromatic nitrogens is 2. The molecular formula is C7H8N4O4S. The first-order chi connectivity index (χ1) is 7.72. The second-order valence-corrected chi connectivity index (χ2v) is 3.05. The number of ether oxygens (including phenoxy) is 1. The molecule has 0 atom stereocenters. The molecule has 1 heterocycles. The Balaban J connectivity index is 2.97. The van der Waals surface area contributed by atoms with E-state index in [1.54, 1.807) is 0 Å². The Morgan fingerprint density at radius 2 is 2.31 bits per heavy atom. The lowest BCUT2D eigenvalue weighted by molar-refractivity contribution is -0.132. The van der Waals surface area contributed by atoms with Gasteiger partial charge < -0.3 is 14.9 Å². The molecule has 0 radical (unpaired) electrons. The maximum atomic E-state index is 11.3. The number of methoxy groups -OCH3 is 1. The number of amides is 1. The van der Waals surface area contributed by atoms with Gasteiger partial charge in [-0.15, -0.1) is 0 Å². The van der Waals surface area contributed by atoms with Crippen molar-refractivity contribution in [3.63, 3.8) is 0 Å². The molecule has 1 rings (SSSR count). The molecule has 1 aromatic heterocycles. The third kappa shape index (κ3) is 2.73. The van der Waals surface area contributed by atoms with Gasteiger partial charge in [0.2, 0.25) is 23.1 Å². The van der Waals surface area contributed by atoms with Gasteiger partial charge in [0.15, 0.2) is 0 Å². The van der Waals surface area contributed by atoms with E-state index in [0.29, 0.717) is 6.41 Å². The maximum Gasteiger partial charge on any atom is 0.364 e. The highest BCUT2D eigenvalue weighted by Gasteiger charge is 2.20. The molecule has 0 saturated heterocycles. The van der Waals surface area contributed by atoms with Gasteiger partial charge >= 0.3 is 5.97 Å². The molecule has 8 nitrogen and oxygen atoms in total. The Labute approximate surface area is 94.4 Å². The van der Waals surface area contributed by atoms with Gasteiger partial charge in [-0.2, -0.15) is 9.36 Å². The normalized spacial score (nSPS) is 10.8. The van der Waals surface area contributed by atoms with Gasteiger partial charge in [-0.05, 0) is 0 Å². The standard InChI is InChI=1S/C7H8N4O4S/c1-14-6(13)4(10-15-2)5-9-7(8-3-12)16-11-5/h3H,1-2H3,(H,8,9,11,12). The first kappa shape index (κ1) is 12.0. The maximum absolute atomic E-state index is 11.3. The van der Waals surface area contributed by atoms with Crippen LogP contribution >= 0.6 is 11.5 Å². The number of nitrogens with zero attached hydrogens (tertiary/aromatic N) is 3. The molecule has 0 unspecified atom stereocenters. The minimum atomic E-state index is -0.725. The van der Waals surface area contributed by atoms with Crippen molar-refractivity contribution in [3.05, 3.63) is 5.82 Å². The average Bonchev–Trinajstić information content (AvgIpc) is 2.74. The zero-order valence-corrected chi connectivity index (χ0v) is 9.28. The van der Waals surface area contributed by atoms with Crippen molar-refractivity contribution < 1.29 is 19.2 Å². The van der Waals surface area contributed by atoms with Crippen LogP contribution in [-0.4, -0.2) is 41.7 Å². The smallest absolute Gasteiger partial charge is 0.364 e. The first-order valence-electron chi connectivity index (χ1n) is 3.96. The summed E-state index contributed by atoms with van der Waals surface area (Å²) in [6.45, 7) is 0. The summed E-state index contributed by atoms with van der Waals surface area (Å²) in [5, 5.41) is 5.99. The molecule has 86 valence electrons. The molecule has 0 aliphatic rings. The fourth-order valence-electron chi connectivity index (χ4n) is 0.786. The molecule has 0 aliphatic carbocycles. The fraction of sp³-hybridized carbons (Fsp3) is 0.286. The van der Waals surface area contributed by atoms with Gasteiger partial charge in [-0.25, -0.2) is 4.79 Å². The Morgan fingerprint density at radius 3 is 2.88 bits per heavy atom. The SMILES string of the molecule is CON=C(C(=O)OC)c1nsc(NC=O)n1. The molecule has 9 heteroatoms. The van der Waals surface area contributed by atoms with Gasteiger partial charge in [0, 0.05) is 11.5 Å². The van der Waals surface area contributed by atoms with E-state index >= 15 is 0 Å². The first-order valence-corrected chi connectivity index (χ1v) is 4.74. The van der Waals surface area contributed by atoms with E-state index in [-0.39, 0.29) is 16.7 Å². The van der Waals surface area contributed by atoms with Gasteiger partial charge in [-0.1, -0.05) is 5.16 Å². The predicted octanol–water partition coefficient (Wildman–Crippen LogP) is -0.370. The number of nitrogens with one attached hydrogen (secondary N) is 1. The summed E-state index contributed by atoms with van der Waals surface area (Å²) >= 11 is 0.909. The number of anilines is 1. The topological polar surface area (TPSA) is 103 Å². The van der Waals surface area contributed by atoms with Crippen LogP contribution in [0.2, 0.25) is 0 Å². The van der Waals surface area contributed by atoms with E-state index in [1.807, 2.05) is 0 Å². The molecule has 0 aromatic carbocycles. The van der Waals surface area contributed by atoms with E-state index in [9.17, 15) is 9.59 Å². The molecule has 0 aliphatic heterocycles. The summed E-state index contributed by atoms with van der Waals surface area (Å²) in [5.74, 6) is -0.694. The van der Waals surface area contributed by atoms with Gasteiger partial charge in [0.1, 0.15) is 7.11 Å². The quantitative estimate of drug-likeness (QED) is 0.328. The summed E-state index contributed by atoms with van der Waals surface area (Å²) < 4.78 is 8.29. The zero-order chi connectivity index (χ0) is 12.0. The van der Waals surface area contributed by atoms with Crippen molar-refractivity contribution in [2.45, 2.75) is 0 Å². The van der Waals surface area contributed by atoms with Crippen LogP contribution in [0.25, 0.3) is 0 Å². The van der Waals surface area contributed by atoms with Crippen LogP contribution < -0.4 is 5.32 Å². The molecule has 1 amide bonds. The highest BCUT2D eigenvalue weighted by molar-refractivity contribution is 7.10. The lowest BCUT2D eigenvalue weighted by atomic mass is 10.4. The Hall–Kier alpha value is -2.03. The summed E-state index contributed by atoms with van der Waals surface area (Å²) in [7, 11) is 2.48. The van der Waals surface area contributed by atoms with Crippen LogP contribution in [0, 0.1) is 0 Å². The molecule has 0 saturated carbocycles. The van der Waals surface area contributed by atoms with E-state index in [1.165, 1.54) is 14.2 Å². The predicted molar refractivity (Wildman–Crippen MR) is 55.2 cm³/mol. The molecule has 0 spiro atoms. The van der Waals surface area contributed by atoms with Crippen molar-refractivity contribution in [3.8, 4) is 0 Å². The lowest BCUT2D eigenvalue weighted by Gasteiger charge is -1.98. The summed E-state index contributed by atoms with van der Waals surface area (Å²) in [5.41, 5.74) is -0.166. The number of oxime groups is 1. The largest absolute Gasteiger partial charge is 0.464 e. The van der Waals surface area contributed by atoms with Crippen molar-refractivity contribution in [2.24, 2.45) is 5.16 Å². The third-order valence-electron chi connectivity index (χ3n) is 1.38. The number of carbonyl (C=O) groups excluding carboxylic acids is 2. The second-order valence-electron chi connectivity index (χ2n) is 2.30. The van der Waals surface area contributed by atoms with Gasteiger partial charge in [0.05, 0.1) is 7.11 Å². The van der Waals surface area contributed by atoms with E-state index in [2.05, 4.69) is 29.4 Å². The lowest BCUT2D eigenvalue weighted by Crippen LogP contribution is -2.19. The third-order valence-corrected chi connectivity index (χ3v) is 2.03. The van der Waals surface area contributed by atoms with E-state index < -0.39 is 5.97 Å². The van der Waals surface area contributed by atoms with Crippen molar-refractivity contribution in [1.82, 2.24) is 9.36 Å². The fourth-order valence-corrected chi connectivity index (χ4v) is 1.31. The molecular weight excluding hydrogens is 236 g/mol. The minimum absolute atomic E-state index is 0.0306. The van der Waals surface area contributed by atoms with Crippen molar-refractivity contribution >= 4 is 34.8 Å². The van der Waals surface area contributed by atoms with Gasteiger partial charge in [0.25, 0.3) is 0 Å². The van der Waals surface area contributed by atoms with Crippen molar-refractivity contribution in [2.75, 3.05) is 19.5 Å². The Morgan fingerprint density at radius 1 is 1.56 bits per heavy atom. The molecule has 1 aromatic rings. The second kappa shape index (κ2) is 5.75.